The molecule has 1 saturated heterocycles. The fraction of sp³-hybridized carbons (Fsp3) is 0.647. The summed E-state index contributed by atoms with van der Waals surface area (Å²) in [5.41, 5.74) is 0.259. The van der Waals surface area contributed by atoms with Crippen LogP contribution in [0.5, 0.6) is 0 Å². The number of nitrogens with zero attached hydrogens (tertiary/aromatic N) is 2. The molecule has 1 saturated carbocycles. The Morgan fingerprint density at radius 3 is 2.64 bits per heavy atom. The molecule has 1 aromatic rings. The molecule has 10 nitrogen and oxygen atoms in total. The minimum Gasteiger partial charge on any atom is -0.444 e. The second kappa shape index (κ2) is 13.4. The highest BCUT2D eigenvalue weighted by Gasteiger charge is 2.46. The van der Waals surface area contributed by atoms with Crippen molar-refractivity contribution in [1.29, 1.82) is 0 Å². The van der Waals surface area contributed by atoms with Gasteiger partial charge in [0.1, 0.15) is 29.6 Å². The maximum Gasteiger partial charge on any atom is 0.410 e. The number of halogens is 1. The van der Waals surface area contributed by atoms with Gasteiger partial charge in [-0.3, -0.25) is 14.5 Å². The predicted octanol–water partition coefficient (Wildman–Crippen LogP) is 5.34. The van der Waals surface area contributed by atoms with Crippen LogP contribution in [0.3, 0.4) is 0 Å². The van der Waals surface area contributed by atoms with E-state index in [1.54, 1.807) is 32.9 Å². The second-order valence-electron chi connectivity index (χ2n) is 14.2. The van der Waals surface area contributed by atoms with Gasteiger partial charge in [0.05, 0.1) is 13.1 Å². The third-order valence-electron chi connectivity index (χ3n) is 9.47. The van der Waals surface area contributed by atoms with Gasteiger partial charge in [-0.05, 0) is 64.5 Å². The highest BCUT2D eigenvalue weighted by atomic mass is 19.1. The van der Waals surface area contributed by atoms with E-state index in [-0.39, 0.29) is 49.2 Å². The van der Waals surface area contributed by atoms with Crippen molar-refractivity contribution in [2.45, 2.75) is 128 Å². The Morgan fingerprint density at radius 2 is 1.89 bits per heavy atom. The first-order valence-corrected chi connectivity index (χ1v) is 16.3. The number of fused-ring (bicyclic) bond motifs is 3. The van der Waals surface area contributed by atoms with Crippen molar-refractivity contribution >= 4 is 24.0 Å². The molecule has 45 heavy (non-hydrogen) atoms. The standard InChI is InChI=1S/C34H47FN4O6/c1-33(2,3)45-31(42)36-26-14-8-6-5-7-9-16-34(4)17-11-15-28(34)37-29(40)27-18-23(20-39(27)30(26)41)44-32(43)38-19-22-12-10-13-25(35)24(22)21-38/h9-10,12-13,16,23,26-28H,5-8,11,14-15,17-21H2,1-4H3,(H,36,42)(H,37,40)/b16-9-/t23-,26?,27+,28?,34+/m1/s1. The van der Waals surface area contributed by atoms with E-state index in [4.69, 9.17) is 9.47 Å². The van der Waals surface area contributed by atoms with Crippen LogP contribution in [0.1, 0.15) is 96.6 Å². The zero-order valence-electron chi connectivity index (χ0n) is 26.9. The van der Waals surface area contributed by atoms with Crippen LogP contribution in [0.25, 0.3) is 0 Å². The lowest BCUT2D eigenvalue weighted by Gasteiger charge is -2.33. The number of alkyl carbamates (subject to hydrolysis) is 1. The average molecular weight is 627 g/mol. The van der Waals surface area contributed by atoms with E-state index in [1.807, 2.05) is 0 Å². The van der Waals surface area contributed by atoms with Gasteiger partial charge in [-0.1, -0.05) is 50.5 Å². The van der Waals surface area contributed by atoms with Crippen LogP contribution in [0.2, 0.25) is 0 Å². The molecular formula is C34H47FN4O6. The van der Waals surface area contributed by atoms with Crippen LogP contribution in [-0.4, -0.2) is 70.2 Å². The molecule has 1 aliphatic carbocycles. The van der Waals surface area contributed by atoms with Gasteiger partial charge in [-0.15, -0.1) is 0 Å². The van der Waals surface area contributed by atoms with E-state index in [1.165, 1.54) is 15.9 Å². The molecule has 5 rings (SSSR count). The molecule has 0 aromatic heterocycles. The quantitative estimate of drug-likeness (QED) is 0.429. The predicted molar refractivity (Wildman–Crippen MR) is 165 cm³/mol. The summed E-state index contributed by atoms with van der Waals surface area (Å²) >= 11 is 0. The lowest BCUT2D eigenvalue weighted by molar-refractivity contribution is -0.140. The van der Waals surface area contributed by atoms with Gasteiger partial charge in [-0.2, -0.15) is 0 Å². The van der Waals surface area contributed by atoms with Gasteiger partial charge in [0.15, 0.2) is 0 Å². The van der Waals surface area contributed by atoms with E-state index in [0.717, 1.165) is 44.1 Å². The van der Waals surface area contributed by atoms with E-state index in [9.17, 15) is 23.6 Å². The van der Waals surface area contributed by atoms with Crippen LogP contribution < -0.4 is 10.6 Å². The number of carbonyl (C=O) groups excluding carboxylic acids is 4. The van der Waals surface area contributed by atoms with Gasteiger partial charge in [0.2, 0.25) is 11.8 Å². The van der Waals surface area contributed by atoms with Crippen LogP contribution in [0, 0.1) is 11.2 Å². The zero-order valence-corrected chi connectivity index (χ0v) is 26.9. The van der Waals surface area contributed by atoms with E-state index >= 15 is 0 Å². The maximum atomic E-state index is 14.3. The van der Waals surface area contributed by atoms with E-state index in [0.29, 0.717) is 18.4 Å². The van der Waals surface area contributed by atoms with E-state index < -0.39 is 41.9 Å². The molecule has 1 aromatic carbocycles. The molecule has 0 bridgehead atoms. The summed E-state index contributed by atoms with van der Waals surface area (Å²) in [7, 11) is 0. The molecule has 3 aliphatic heterocycles. The molecule has 4 amide bonds. The molecule has 3 heterocycles. The van der Waals surface area contributed by atoms with Crippen molar-refractivity contribution in [3.8, 4) is 0 Å². The van der Waals surface area contributed by atoms with Crippen molar-refractivity contribution in [2.75, 3.05) is 6.54 Å². The molecule has 0 radical (unpaired) electrons. The second-order valence-corrected chi connectivity index (χ2v) is 14.2. The largest absolute Gasteiger partial charge is 0.444 e. The molecule has 2 N–H and O–H groups in total. The van der Waals surface area contributed by atoms with Gasteiger partial charge in [0.25, 0.3) is 0 Å². The summed E-state index contributed by atoms with van der Waals surface area (Å²) < 4.78 is 25.6. The first-order chi connectivity index (χ1) is 21.3. The lowest BCUT2D eigenvalue weighted by Crippen LogP contribution is -2.55. The van der Waals surface area contributed by atoms with Gasteiger partial charge in [-0.25, -0.2) is 14.0 Å². The number of nitrogens with one attached hydrogen (secondary N) is 2. The number of rotatable bonds is 2. The van der Waals surface area contributed by atoms with Crippen molar-refractivity contribution < 1.29 is 33.0 Å². The molecule has 246 valence electrons. The van der Waals surface area contributed by atoms with Gasteiger partial charge < -0.3 is 25.0 Å². The average Bonchev–Trinajstić information content (AvgIpc) is 3.68. The zero-order chi connectivity index (χ0) is 32.4. The molecular weight excluding hydrogens is 579 g/mol. The molecule has 2 unspecified atom stereocenters. The Bertz CT molecular complexity index is 1330. The van der Waals surface area contributed by atoms with Crippen LogP contribution in [0.15, 0.2) is 30.4 Å². The Balaban J connectivity index is 1.36. The highest BCUT2D eigenvalue weighted by molar-refractivity contribution is 5.92. The Hall–Kier alpha value is -3.63. The highest BCUT2D eigenvalue weighted by Crippen LogP contribution is 2.40. The third kappa shape index (κ3) is 7.79. The summed E-state index contributed by atoms with van der Waals surface area (Å²) in [5, 5.41) is 5.98. The number of carbonyl (C=O) groups is 4. The summed E-state index contributed by atoms with van der Waals surface area (Å²) in [6.07, 6.45) is 9.09. The maximum absolute atomic E-state index is 14.3. The van der Waals surface area contributed by atoms with Gasteiger partial charge in [0, 0.05) is 30.0 Å². The van der Waals surface area contributed by atoms with Crippen LogP contribution in [0.4, 0.5) is 14.0 Å². The lowest BCUT2D eigenvalue weighted by atomic mass is 9.83. The smallest absolute Gasteiger partial charge is 0.410 e. The topological polar surface area (TPSA) is 117 Å². The van der Waals surface area contributed by atoms with Gasteiger partial charge >= 0.3 is 12.2 Å². The summed E-state index contributed by atoms with van der Waals surface area (Å²) in [6.45, 7) is 7.74. The number of benzene rings is 1. The number of allylic oxidation sites excluding steroid dienone is 1. The number of hydrogen-bond acceptors (Lipinski definition) is 6. The first-order valence-electron chi connectivity index (χ1n) is 16.3. The normalized spacial score (nSPS) is 29.9. The van der Waals surface area contributed by atoms with Crippen molar-refractivity contribution in [1.82, 2.24) is 20.4 Å². The van der Waals surface area contributed by atoms with Crippen LogP contribution >= 0.6 is 0 Å². The number of ether oxygens (including phenoxy) is 2. The SMILES string of the molecule is CC(C)(C)OC(=O)NC1CCCCC/C=C\[C@@]2(C)CCCC2NC(=O)[C@@H]2C[C@@H](OC(=O)N3Cc4cccc(F)c4C3)CN2C1=O. The Labute approximate surface area is 265 Å². The minimum absolute atomic E-state index is 0.00610. The van der Waals surface area contributed by atoms with Crippen molar-refractivity contribution in [3.63, 3.8) is 0 Å². The first kappa shape index (κ1) is 32.8. The monoisotopic (exact) mass is 626 g/mol. The molecule has 2 fully saturated rings. The fourth-order valence-corrected chi connectivity index (χ4v) is 7.04. The summed E-state index contributed by atoms with van der Waals surface area (Å²) in [6, 6.07) is 2.89. The van der Waals surface area contributed by atoms with Crippen molar-refractivity contribution in [3.05, 3.63) is 47.3 Å². The fourth-order valence-electron chi connectivity index (χ4n) is 7.04. The Kier molecular flexibility index (Phi) is 9.74. The number of hydrogen-bond donors (Lipinski definition) is 2. The number of amides is 4. The van der Waals surface area contributed by atoms with E-state index in [2.05, 4.69) is 29.7 Å². The summed E-state index contributed by atoms with van der Waals surface area (Å²) in [5.74, 6) is -1.07. The molecule has 4 aliphatic rings. The van der Waals surface area contributed by atoms with Crippen LogP contribution in [-0.2, 0) is 32.2 Å². The molecule has 11 heteroatoms. The summed E-state index contributed by atoms with van der Waals surface area (Å²) in [4.78, 5) is 57.0. The third-order valence-corrected chi connectivity index (χ3v) is 9.47. The van der Waals surface area contributed by atoms with Crippen molar-refractivity contribution in [2.24, 2.45) is 5.41 Å². The minimum atomic E-state index is -0.905. The molecule has 0 spiro atoms. The Morgan fingerprint density at radius 1 is 1.09 bits per heavy atom. The molecule has 5 atom stereocenters.